The van der Waals surface area contributed by atoms with Gasteiger partial charge in [-0.3, -0.25) is 14.9 Å². The topological polar surface area (TPSA) is 139 Å². The van der Waals surface area contributed by atoms with Crippen LogP contribution in [0.3, 0.4) is 0 Å². The number of rotatable bonds is 5. The van der Waals surface area contributed by atoms with Crippen LogP contribution in [0.2, 0.25) is 0 Å². The molecule has 0 bridgehead atoms. The van der Waals surface area contributed by atoms with Crippen LogP contribution in [0.5, 0.6) is 5.75 Å². The number of aliphatic carboxylic acids is 1. The predicted octanol–water partition coefficient (Wildman–Crippen LogP) is 3.24. The summed E-state index contributed by atoms with van der Waals surface area (Å²) in [5.74, 6) is 2.44. The van der Waals surface area contributed by atoms with Crippen LogP contribution in [0.1, 0.15) is 37.8 Å². The van der Waals surface area contributed by atoms with Gasteiger partial charge in [0.1, 0.15) is 16.7 Å². The van der Waals surface area contributed by atoms with Gasteiger partial charge in [-0.2, -0.15) is 0 Å². The Labute approximate surface area is 196 Å². The molecule has 1 aliphatic rings. The predicted molar refractivity (Wildman–Crippen MR) is 123 cm³/mol. The number of nitrogens with zero attached hydrogens (tertiary/aromatic N) is 1. The monoisotopic (exact) mass is 464 g/mol. The highest BCUT2D eigenvalue weighted by Crippen LogP contribution is 2.55. The maximum absolute atomic E-state index is 13.8. The van der Waals surface area contributed by atoms with Crippen molar-refractivity contribution in [2.75, 3.05) is 7.11 Å². The van der Waals surface area contributed by atoms with Gasteiger partial charge in [0.2, 0.25) is 0 Å². The third kappa shape index (κ3) is 3.63. The number of carboxylic acid groups (broad SMARTS) is 1. The second kappa shape index (κ2) is 8.90. The Hall–Kier alpha value is -4.32. The van der Waals surface area contributed by atoms with Gasteiger partial charge in [-0.15, -0.1) is 5.92 Å². The standard InChI is InChI=1S/C25H24N2O7/c1-5-13-24(3)25(23(31)34-4,17-9-11-19(28)12-10-17)21(20(22(29)30)15(2)26-24)16-7-6-8-18(14-16)27(32)33/h6-12,14,21,26,28H,1-4H3,(H,29,30). The van der Waals surface area contributed by atoms with E-state index in [0.29, 0.717) is 5.56 Å². The fraction of sp³-hybridized carbons (Fsp3) is 0.280. The molecule has 0 radical (unpaired) electrons. The molecule has 0 aromatic heterocycles. The Morgan fingerprint density at radius 2 is 1.85 bits per heavy atom. The summed E-state index contributed by atoms with van der Waals surface area (Å²) in [5.41, 5.74) is -2.81. The zero-order valence-corrected chi connectivity index (χ0v) is 19.1. The first-order valence-electron chi connectivity index (χ1n) is 10.3. The summed E-state index contributed by atoms with van der Waals surface area (Å²) in [5, 5.41) is 34.8. The fourth-order valence-electron chi connectivity index (χ4n) is 4.94. The highest BCUT2D eigenvalue weighted by atomic mass is 16.6. The number of nitrogens with one attached hydrogen (secondary N) is 1. The van der Waals surface area contributed by atoms with Crippen LogP contribution >= 0.6 is 0 Å². The molecule has 2 aromatic carbocycles. The molecule has 0 fully saturated rings. The number of non-ortho nitro benzene ring substituents is 1. The molecule has 0 aliphatic carbocycles. The molecular formula is C25H24N2O7. The SMILES string of the molecule is CC#CC1(C)NC(C)=C(C(=O)O)C(c2cccc([N+](=O)[O-])c2)C1(C(=O)OC)c1ccc(O)cc1. The van der Waals surface area contributed by atoms with Gasteiger partial charge in [0.05, 0.1) is 17.6 Å². The number of esters is 1. The molecule has 0 saturated heterocycles. The number of carbonyl (C=O) groups is 2. The van der Waals surface area contributed by atoms with Crippen LogP contribution in [0.25, 0.3) is 0 Å². The Balaban J connectivity index is 2.58. The van der Waals surface area contributed by atoms with Crippen molar-refractivity contribution in [1.82, 2.24) is 5.32 Å². The number of allylic oxidation sites excluding steroid dienone is 1. The molecule has 1 aliphatic heterocycles. The van der Waals surface area contributed by atoms with Crippen LogP contribution < -0.4 is 5.32 Å². The number of phenolic OH excluding ortho intramolecular Hbond substituents is 1. The maximum atomic E-state index is 13.8. The van der Waals surface area contributed by atoms with Crippen LogP contribution in [0, 0.1) is 22.0 Å². The Morgan fingerprint density at radius 1 is 1.21 bits per heavy atom. The lowest BCUT2D eigenvalue weighted by Crippen LogP contribution is -2.68. The quantitative estimate of drug-likeness (QED) is 0.265. The van der Waals surface area contributed by atoms with Gasteiger partial charge in [0, 0.05) is 23.7 Å². The Bertz CT molecular complexity index is 1260. The summed E-state index contributed by atoms with van der Waals surface area (Å²) >= 11 is 0. The van der Waals surface area contributed by atoms with Gasteiger partial charge < -0.3 is 20.3 Å². The summed E-state index contributed by atoms with van der Waals surface area (Å²) in [6.07, 6.45) is 0. The van der Waals surface area contributed by atoms with Crippen LogP contribution in [0.4, 0.5) is 5.69 Å². The van der Waals surface area contributed by atoms with E-state index in [2.05, 4.69) is 17.2 Å². The van der Waals surface area contributed by atoms with Crippen molar-refractivity contribution >= 4 is 17.6 Å². The number of phenols is 1. The average Bonchev–Trinajstić information content (AvgIpc) is 2.78. The van der Waals surface area contributed by atoms with Crippen LogP contribution in [-0.4, -0.2) is 39.7 Å². The number of hydrogen-bond acceptors (Lipinski definition) is 7. The number of carbonyl (C=O) groups excluding carboxylic acids is 1. The third-order valence-corrected chi connectivity index (χ3v) is 6.20. The van der Waals surface area contributed by atoms with Crippen molar-refractivity contribution in [3.8, 4) is 17.6 Å². The van der Waals surface area contributed by atoms with Crippen LogP contribution in [-0.2, 0) is 19.7 Å². The minimum absolute atomic E-state index is 0.0621. The van der Waals surface area contributed by atoms with Crippen molar-refractivity contribution in [3.05, 3.63) is 81.0 Å². The molecule has 3 N–H and O–H groups in total. The van der Waals surface area contributed by atoms with Gasteiger partial charge in [0.25, 0.3) is 5.69 Å². The number of nitro benzene ring substituents is 1. The Morgan fingerprint density at radius 3 is 2.38 bits per heavy atom. The van der Waals surface area contributed by atoms with Crippen LogP contribution in [0.15, 0.2) is 59.8 Å². The lowest BCUT2D eigenvalue weighted by atomic mass is 9.53. The lowest BCUT2D eigenvalue weighted by molar-refractivity contribution is -0.384. The zero-order chi connectivity index (χ0) is 25.3. The number of benzene rings is 2. The van der Waals surface area contributed by atoms with E-state index >= 15 is 0 Å². The smallest absolute Gasteiger partial charge is 0.333 e. The summed E-state index contributed by atoms with van der Waals surface area (Å²) in [6.45, 7) is 4.79. The molecule has 176 valence electrons. The highest BCUT2D eigenvalue weighted by Gasteiger charge is 2.65. The van der Waals surface area contributed by atoms with Gasteiger partial charge in [-0.25, -0.2) is 4.79 Å². The van der Waals surface area contributed by atoms with E-state index in [1.54, 1.807) is 20.8 Å². The largest absolute Gasteiger partial charge is 0.508 e. The van der Waals surface area contributed by atoms with E-state index in [4.69, 9.17) is 4.74 Å². The van der Waals surface area contributed by atoms with Crippen molar-refractivity contribution in [2.24, 2.45) is 0 Å². The molecule has 3 unspecified atom stereocenters. The first-order valence-corrected chi connectivity index (χ1v) is 10.3. The minimum Gasteiger partial charge on any atom is -0.508 e. The number of hydrogen-bond donors (Lipinski definition) is 3. The first kappa shape index (κ1) is 24.3. The van der Waals surface area contributed by atoms with Gasteiger partial charge in [0.15, 0.2) is 0 Å². The molecule has 0 amide bonds. The maximum Gasteiger partial charge on any atom is 0.333 e. The van der Waals surface area contributed by atoms with E-state index in [0.717, 1.165) is 0 Å². The van der Waals surface area contributed by atoms with E-state index < -0.39 is 33.7 Å². The highest BCUT2D eigenvalue weighted by molar-refractivity contribution is 5.97. The second-order valence-electron chi connectivity index (χ2n) is 8.10. The summed E-state index contributed by atoms with van der Waals surface area (Å²) in [7, 11) is 1.18. The first-order chi connectivity index (χ1) is 16.0. The number of methoxy groups -OCH3 is 1. The van der Waals surface area contributed by atoms with Gasteiger partial charge in [-0.05, 0) is 44.0 Å². The molecule has 3 rings (SSSR count). The van der Waals surface area contributed by atoms with Crippen molar-refractivity contribution in [2.45, 2.75) is 37.6 Å². The summed E-state index contributed by atoms with van der Waals surface area (Å²) < 4.78 is 5.25. The van der Waals surface area contributed by atoms with E-state index in [-0.39, 0.29) is 28.3 Å². The van der Waals surface area contributed by atoms with Crippen molar-refractivity contribution < 1.29 is 29.5 Å². The lowest BCUT2D eigenvalue weighted by Gasteiger charge is -2.53. The molecular weight excluding hydrogens is 440 g/mol. The van der Waals surface area contributed by atoms with Gasteiger partial charge in [-0.1, -0.05) is 30.2 Å². The molecule has 34 heavy (non-hydrogen) atoms. The van der Waals surface area contributed by atoms with E-state index in [9.17, 15) is 29.9 Å². The molecule has 9 nitrogen and oxygen atoms in total. The van der Waals surface area contributed by atoms with Gasteiger partial charge >= 0.3 is 11.9 Å². The third-order valence-electron chi connectivity index (χ3n) is 6.20. The number of ether oxygens (including phenoxy) is 1. The number of carboxylic acids is 1. The number of aromatic hydroxyl groups is 1. The molecule has 2 aromatic rings. The summed E-state index contributed by atoms with van der Waals surface area (Å²) in [6, 6.07) is 11.2. The normalized spacial score (nSPS) is 23.8. The zero-order valence-electron chi connectivity index (χ0n) is 19.1. The molecule has 9 heteroatoms. The van der Waals surface area contributed by atoms with E-state index in [1.165, 1.54) is 55.6 Å². The molecule has 1 heterocycles. The second-order valence-corrected chi connectivity index (χ2v) is 8.10. The minimum atomic E-state index is -1.80. The Kier molecular flexibility index (Phi) is 6.37. The van der Waals surface area contributed by atoms with E-state index in [1.807, 2.05) is 0 Å². The fourth-order valence-corrected chi connectivity index (χ4v) is 4.94. The number of nitro groups is 1. The summed E-state index contributed by atoms with van der Waals surface area (Å²) in [4.78, 5) is 37.3. The molecule has 0 spiro atoms. The molecule has 3 atom stereocenters. The van der Waals surface area contributed by atoms with Crippen molar-refractivity contribution in [1.29, 1.82) is 0 Å². The average molecular weight is 464 g/mol. The van der Waals surface area contributed by atoms with Crippen molar-refractivity contribution in [3.63, 3.8) is 0 Å². The molecule has 0 saturated carbocycles.